The number of benzene rings is 1. The second-order valence-electron chi connectivity index (χ2n) is 2.95. The fourth-order valence-corrected chi connectivity index (χ4v) is 1.22. The Bertz CT molecular complexity index is 335. The van der Waals surface area contributed by atoms with Gasteiger partial charge in [-0.05, 0) is 17.7 Å². The molecule has 15 heavy (non-hydrogen) atoms. The van der Waals surface area contributed by atoms with E-state index in [0.717, 1.165) is 0 Å². The van der Waals surface area contributed by atoms with Gasteiger partial charge in [-0.2, -0.15) is 0 Å². The summed E-state index contributed by atoms with van der Waals surface area (Å²) in [4.78, 5) is 0. The van der Waals surface area contributed by atoms with E-state index in [2.05, 4.69) is 6.58 Å². The van der Waals surface area contributed by atoms with Crippen molar-refractivity contribution in [2.24, 2.45) is 0 Å². The number of methoxy groups -OCH3 is 2. The van der Waals surface area contributed by atoms with Gasteiger partial charge in [-0.3, -0.25) is 0 Å². The second kappa shape index (κ2) is 4.70. The molecule has 82 valence electrons. The Morgan fingerprint density at radius 1 is 1.27 bits per heavy atom. The average molecular weight is 210 g/mol. The Morgan fingerprint density at radius 2 is 1.73 bits per heavy atom. The van der Waals surface area contributed by atoms with Crippen molar-refractivity contribution in [3.8, 4) is 17.2 Å². The number of hydrogen-bond donors (Lipinski definition) is 2. The molecule has 0 saturated carbocycles. The molecule has 4 nitrogen and oxygen atoms in total. The molecule has 1 rings (SSSR count). The Morgan fingerprint density at radius 3 is 2.07 bits per heavy atom. The highest BCUT2D eigenvalue weighted by Crippen LogP contribution is 2.38. The number of phenolic OH excluding ortho intramolecular Hbond substituents is 1. The second-order valence-corrected chi connectivity index (χ2v) is 2.95. The molecule has 0 spiro atoms. The third-order valence-corrected chi connectivity index (χ3v) is 2.07. The number of aromatic hydroxyl groups is 1. The molecule has 0 radical (unpaired) electrons. The van der Waals surface area contributed by atoms with Gasteiger partial charge in [-0.25, -0.2) is 0 Å². The van der Waals surface area contributed by atoms with Crippen molar-refractivity contribution < 1.29 is 19.7 Å². The van der Waals surface area contributed by atoms with Crippen LogP contribution in [0.1, 0.15) is 11.7 Å². The lowest BCUT2D eigenvalue weighted by Gasteiger charge is -2.12. The highest BCUT2D eigenvalue weighted by molar-refractivity contribution is 5.53. The summed E-state index contributed by atoms with van der Waals surface area (Å²) in [5, 5.41) is 19.2. The van der Waals surface area contributed by atoms with Gasteiger partial charge in [0.05, 0.1) is 20.3 Å². The molecule has 0 saturated heterocycles. The van der Waals surface area contributed by atoms with Gasteiger partial charge in [-0.1, -0.05) is 6.08 Å². The standard InChI is InChI=1S/C11H14O4/c1-4-8(12)7-5-9(14-2)11(13)10(6-7)15-3/h4-6,8,12-13H,1H2,2-3H3. The quantitative estimate of drug-likeness (QED) is 0.741. The molecular formula is C11H14O4. The van der Waals surface area contributed by atoms with Gasteiger partial charge in [0.25, 0.3) is 0 Å². The summed E-state index contributed by atoms with van der Waals surface area (Å²) in [7, 11) is 2.86. The van der Waals surface area contributed by atoms with E-state index in [-0.39, 0.29) is 17.2 Å². The molecule has 0 aromatic heterocycles. The van der Waals surface area contributed by atoms with Gasteiger partial charge >= 0.3 is 0 Å². The van der Waals surface area contributed by atoms with Crippen LogP contribution in [0.15, 0.2) is 24.8 Å². The Kier molecular flexibility index (Phi) is 3.57. The third kappa shape index (κ3) is 2.22. The van der Waals surface area contributed by atoms with Gasteiger partial charge < -0.3 is 19.7 Å². The zero-order chi connectivity index (χ0) is 11.4. The van der Waals surface area contributed by atoms with E-state index in [0.29, 0.717) is 5.56 Å². The summed E-state index contributed by atoms with van der Waals surface area (Å²) >= 11 is 0. The number of aliphatic hydroxyl groups excluding tert-OH is 1. The van der Waals surface area contributed by atoms with Crippen molar-refractivity contribution in [3.63, 3.8) is 0 Å². The fraction of sp³-hybridized carbons (Fsp3) is 0.273. The lowest BCUT2D eigenvalue weighted by molar-refractivity contribution is 0.227. The maximum Gasteiger partial charge on any atom is 0.200 e. The van der Waals surface area contributed by atoms with Crippen LogP contribution in [-0.4, -0.2) is 24.4 Å². The molecule has 1 aromatic carbocycles. The molecule has 0 aliphatic heterocycles. The number of ether oxygens (including phenoxy) is 2. The summed E-state index contributed by atoms with van der Waals surface area (Å²) < 4.78 is 9.89. The molecular weight excluding hydrogens is 196 g/mol. The highest BCUT2D eigenvalue weighted by atomic mass is 16.5. The number of hydrogen-bond acceptors (Lipinski definition) is 4. The van der Waals surface area contributed by atoms with E-state index in [4.69, 9.17) is 9.47 Å². The van der Waals surface area contributed by atoms with Gasteiger partial charge in [-0.15, -0.1) is 6.58 Å². The van der Waals surface area contributed by atoms with E-state index in [1.807, 2.05) is 0 Å². The molecule has 1 aromatic rings. The van der Waals surface area contributed by atoms with Gasteiger partial charge in [0.2, 0.25) is 5.75 Å². The normalized spacial score (nSPS) is 11.9. The van der Waals surface area contributed by atoms with E-state index in [9.17, 15) is 10.2 Å². The predicted octanol–water partition coefficient (Wildman–Crippen LogP) is 1.63. The molecule has 0 aliphatic carbocycles. The molecule has 0 fully saturated rings. The number of rotatable bonds is 4. The number of aliphatic hydroxyl groups is 1. The first kappa shape index (κ1) is 11.4. The van der Waals surface area contributed by atoms with Crippen LogP contribution in [0.4, 0.5) is 0 Å². The molecule has 1 unspecified atom stereocenters. The van der Waals surface area contributed by atoms with Gasteiger partial charge in [0.1, 0.15) is 0 Å². The number of phenols is 1. The maximum absolute atomic E-state index is 9.61. The zero-order valence-electron chi connectivity index (χ0n) is 8.73. The molecule has 0 aliphatic rings. The van der Waals surface area contributed by atoms with Crippen molar-refractivity contribution in [1.29, 1.82) is 0 Å². The predicted molar refractivity (Wildman–Crippen MR) is 56.4 cm³/mol. The first-order valence-corrected chi connectivity index (χ1v) is 4.39. The molecule has 0 heterocycles. The molecule has 2 N–H and O–H groups in total. The summed E-state index contributed by atoms with van der Waals surface area (Å²) in [5.41, 5.74) is 0.552. The minimum atomic E-state index is -0.812. The SMILES string of the molecule is C=CC(O)c1cc(OC)c(O)c(OC)c1. The van der Waals surface area contributed by atoms with Crippen LogP contribution in [0.5, 0.6) is 17.2 Å². The average Bonchev–Trinajstić information content (AvgIpc) is 2.28. The Balaban J connectivity index is 3.26. The van der Waals surface area contributed by atoms with Crippen LogP contribution < -0.4 is 9.47 Å². The highest BCUT2D eigenvalue weighted by Gasteiger charge is 2.13. The summed E-state index contributed by atoms with van der Waals surface area (Å²) in [6, 6.07) is 3.06. The van der Waals surface area contributed by atoms with Crippen molar-refractivity contribution in [2.45, 2.75) is 6.10 Å². The Hall–Kier alpha value is -1.68. The first-order chi connectivity index (χ1) is 7.13. The first-order valence-electron chi connectivity index (χ1n) is 4.39. The summed E-state index contributed by atoms with van der Waals surface area (Å²) in [6.45, 7) is 3.48. The van der Waals surface area contributed by atoms with Crippen LogP contribution in [0.2, 0.25) is 0 Å². The monoisotopic (exact) mass is 210 g/mol. The van der Waals surface area contributed by atoms with Crippen LogP contribution in [0, 0.1) is 0 Å². The molecule has 1 atom stereocenters. The van der Waals surface area contributed by atoms with Crippen LogP contribution >= 0.6 is 0 Å². The van der Waals surface area contributed by atoms with Crippen molar-refractivity contribution in [3.05, 3.63) is 30.4 Å². The van der Waals surface area contributed by atoms with E-state index in [1.165, 1.54) is 32.4 Å². The van der Waals surface area contributed by atoms with Gasteiger partial charge in [0, 0.05) is 0 Å². The summed E-state index contributed by atoms with van der Waals surface area (Å²) in [5.74, 6) is 0.426. The van der Waals surface area contributed by atoms with Crippen LogP contribution in [-0.2, 0) is 0 Å². The van der Waals surface area contributed by atoms with Crippen LogP contribution in [0.3, 0.4) is 0 Å². The zero-order valence-corrected chi connectivity index (χ0v) is 8.73. The van der Waals surface area contributed by atoms with E-state index in [1.54, 1.807) is 0 Å². The van der Waals surface area contributed by atoms with E-state index >= 15 is 0 Å². The van der Waals surface area contributed by atoms with Crippen LogP contribution in [0.25, 0.3) is 0 Å². The van der Waals surface area contributed by atoms with Crippen molar-refractivity contribution in [2.75, 3.05) is 14.2 Å². The summed E-state index contributed by atoms with van der Waals surface area (Å²) in [6.07, 6.45) is 0.569. The molecule has 0 amide bonds. The molecule has 0 bridgehead atoms. The topological polar surface area (TPSA) is 58.9 Å². The minimum absolute atomic E-state index is 0.0833. The minimum Gasteiger partial charge on any atom is -0.502 e. The van der Waals surface area contributed by atoms with Crippen molar-refractivity contribution in [1.82, 2.24) is 0 Å². The Labute approximate surface area is 88.4 Å². The van der Waals surface area contributed by atoms with Crippen molar-refractivity contribution >= 4 is 0 Å². The third-order valence-electron chi connectivity index (χ3n) is 2.07. The van der Waals surface area contributed by atoms with E-state index < -0.39 is 6.10 Å². The van der Waals surface area contributed by atoms with Gasteiger partial charge in [0.15, 0.2) is 11.5 Å². The fourth-order valence-electron chi connectivity index (χ4n) is 1.22. The largest absolute Gasteiger partial charge is 0.502 e. The molecule has 4 heteroatoms. The lowest BCUT2D eigenvalue weighted by atomic mass is 10.1. The maximum atomic E-state index is 9.61. The lowest BCUT2D eigenvalue weighted by Crippen LogP contribution is -1.96. The smallest absolute Gasteiger partial charge is 0.200 e.